The summed E-state index contributed by atoms with van der Waals surface area (Å²) in [5.74, 6) is 0. The summed E-state index contributed by atoms with van der Waals surface area (Å²) in [4.78, 5) is 0. The molecule has 1 aromatic rings. The van der Waals surface area contributed by atoms with Crippen LogP contribution in [-0.2, 0) is 0 Å². The van der Waals surface area contributed by atoms with E-state index in [0.29, 0.717) is 6.04 Å². The molecule has 1 unspecified atom stereocenters. The molecule has 0 saturated carbocycles. The second-order valence-electron chi connectivity index (χ2n) is 3.98. The lowest BCUT2D eigenvalue weighted by Gasteiger charge is -2.18. The van der Waals surface area contributed by atoms with Crippen LogP contribution in [0.1, 0.15) is 43.4 Å². The summed E-state index contributed by atoms with van der Waals surface area (Å²) in [7, 11) is 2.02. The van der Waals surface area contributed by atoms with Gasteiger partial charge in [0, 0.05) is 11.1 Å². The largest absolute Gasteiger partial charge is 0.313 e. The monoisotopic (exact) mass is 225 g/mol. The van der Waals surface area contributed by atoms with E-state index >= 15 is 0 Å². The fraction of sp³-hybridized carbons (Fsp3) is 0.538. The van der Waals surface area contributed by atoms with E-state index in [0.717, 1.165) is 5.02 Å². The third-order valence-corrected chi connectivity index (χ3v) is 3.04. The quantitative estimate of drug-likeness (QED) is 0.796. The van der Waals surface area contributed by atoms with Crippen molar-refractivity contribution in [3.63, 3.8) is 0 Å². The second-order valence-corrected chi connectivity index (χ2v) is 4.42. The molecule has 0 amide bonds. The molecular formula is C13H20ClN. The van der Waals surface area contributed by atoms with Gasteiger partial charge in [0.2, 0.25) is 0 Å². The molecule has 2 heteroatoms. The molecule has 0 spiro atoms. The average molecular weight is 226 g/mol. The van der Waals surface area contributed by atoms with Crippen LogP contribution in [0, 0.1) is 6.92 Å². The third-order valence-electron chi connectivity index (χ3n) is 2.80. The van der Waals surface area contributed by atoms with Gasteiger partial charge < -0.3 is 5.32 Å². The summed E-state index contributed by atoms with van der Waals surface area (Å²) < 4.78 is 0. The van der Waals surface area contributed by atoms with Gasteiger partial charge in [0.05, 0.1) is 0 Å². The predicted molar refractivity (Wildman–Crippen MR) is 67.5 cm³/mol. The van der Waals surface area contributed by atoms with Crippen LogP contribution in [0.15, 0.2) is 18.2 Å². The van der Waals surface area contributed by atoms with Crippen molar-refractivity contribution in [3.05, 3.63) is 34.3 Å². The van der Waals surface area contributed by atoms with Gasteiger partial charge in [-0.1, -0.05) is 37.4 Å². The lowest BCUT2D eigenvalue weighted by molar-refractivity contribution is 0.521. The van der Waals surface area contributed by atoms with Gasteiger partial charge in [-0.15, -0.1) is 0 Å². The zero-order chi connectivity index (χ0) is 11.3. The molecule has 0 fully saturated rings. The van der Waals surface area contributed by atoms with Crippen molar-refractivity contribution in [2.45, 2.75) is 39.2 Å². The lowest BCUT2D eigenvalue weighted by atomic mass is 9.97. The third kappa shape index (κ3) is 3.51. The zero-order valence-corrected chi connectivity index (χ0v) is 10.6. The summed E-state index contributed by atoms with van der Waals surface area (Å²) in [6.07, 6.45) is 3.69. The number of rotatable bonds is 5. The van der Waals surface area contributed by atoms with Crippen molar-refractivity contribution < 1.29 is 0 Å². The molecule has 1 rings (SSSR count). The van der Waals surface area contributed by atoms with Crippen molar-refractivity contribution in [1.29, 1.82) is 0 Å². The van der Waals surface area contributed by atoms with E-state index in [1.54, 1.807) is 0 Å². The fourth-order valence-electron chi connectivity index (χ4n) is 1.89. The minimum absolute atomic E-state index is 0.460. The molecule has 15 heavy (non-hydrogen) atoms. The first-order valence-electron chi connectivity index (χ1n) is 5.62. The van der Waals surface area contributed by atoms with Crippen LogP contribution >= 0.6 is 11.6 Å². The molecule has 84 valence electrons. The van der Waals surface area contributed by atoms with Crippen molar-refractivity contribution in [1.82, 2.24) is 5.32 Å². The summed E-state index contributed by atoms with van der Waals surface area (Å²) in [5, 5.41) is 4.19. The maximum absolute atomic E-state index is 5.95. The van der Waals surface area contributed by atoms with Crippen molar-refractivity contribution >= 4 is 11.6 Å². The van der Waals surface area contributed by atoms with Crippen LogP contribution in [0.25, 0.3) is 0 Å². The number of benzene rings is 1. The first-order chi connectivity index (χ1) is 7.19. The molecule has 0 aliphatic heterocycles. The molecule has 0 aromatic heterocycles. The Morgan fingerprint density at radius 1 is 1.40 bits per heavy atom. The highest BCUT2D eigenvalue weighted by Gasteiger charge is 2.10. The van der Waals surface area contributed by atoms with Gasteiger partial charge in [-0.2, -0.15) is 0 Å². The predicted octanol–water partition coefficient (Wildman–Crippen LogP) is 4.10. The molecule has 0 bridgehead atoms. The average Bonchev–Trinajstić information content (AvgIpc) is 2.21. The number of nitrogens with one attached hydrogen (secondary N) is 1. The highest BCUT2D eigenvalue weighted by atomic mass is 35.5. The van der Waals surface area contributed by atoms with Gasteiger partial charge in [0.1, 0.15) is 0 Å². The molecule has 1 N–H and O–H groups in total. The minimum Gasteiger partial charge on any atom is -0.313 e. The van der Waals surface area contributed by atoms with E-state index in [9.17, 15) is 0 Å². The maximum atomic E-state index is 5.95. The Kier molecular flexibility index (Phi) is 5.13. The van der Waals surface area contributed by atoms with Gasteiger partial charge in [-0.05, 0) is 43.7 Å². The number of halogens is 1. The molecule has 1 aromatic carbocycles. The van der Waals surface area contributed by atoms with E-state index in [2.05, 4.69) is 25.2 Å². The maximum Gasteiger partial charge on any atom is 0.0408 e. The van der Waals surface area contributed by atoms with Crippen molar-refractivity contribution in [2.24, 2.45) is 0 Å². The summed E-state index contributed by atoms with van der Waals surface area (Å²) >= 11 is 5.95. The summed E-state index contributed by atoms with van der Waals surface area (Å²) in [6.45, 7) is 4.35. The van der Waals surface area contributed by atoms with Crippen LogP contribution in [0.2, 0.25) is 5.02 Å². The Labute approximate surface area is 97.8 Å². The van der Waals surface area contributed by atoms with Crippen LogP contribution in [-0.4, -0.2) is 7.05 Å². The molecule has 0 aliphatic carbocycles. The fourth-order valence-corrected chi connectivity index (χ4v) is 2.12. The van der Waals surface area contributed by atoms with Gasteiger partial charge in [0.25, 0.3) is 0 Å². The van der Waals surface area contributed by atoms with E-state index in [-0.39, 0.29) is 0 Å². The molecule has 0 radical (unpaired) electrons. The number of unbranched alkanes of at least 4 members (excludes halogenated alkanes) is 1. The standard InChI is InChI=1S/C13H20ClN/c1-4-5-6-13(15-3)12-8-7-11(14)9-10(12)2/h7-9,13,15H,4-6H2,1-3H3. The smallest absolute Gasteiger partial charge is 0.0408 e. The molecular weight excluding hydrogens is 206 g/mol. The van der Waals surface area contributed by atoms with Crippen LogP contribution in [0.3, 0.4) is 0 Å². The summed E-state index contributed by atoms with van der Waals surface area (Å²) in [5.41, 5.74) is 2.65. The van der Waals surface area contributed by atoms with E-state index in [1.807, 2.05) is 19.2 Å². The topological polar surface area (TPSA) is 12.0 Å². The number of hydrogen-bond acceptors (Lipinski definition) is 1. The normalized spacial score (nSPS) is 12.8. The van der Waals surface area contributed by atoms with Crippen molar-refractivity contribution in [3.8, 4) is 0 Å². The molecule has 0 aliphatic rings. The Morgan fingerprint density at radius 3 is 2.67 bits per heavy atom. The van der Waals surface area contributed by atoms with Crippen molar-refractivity contribution in [2.75, 3.05) is 7.05 Å². The van der Waals surface area contributed by atoms with Crippen LogP contribution < -0.4 is 5.32 Å². The SMILES string of the molecule is CCCCC(NC)c1ccc(Cl)cc1C. The molecule has 0 heterocycles. The van der Waals surface area contributed by atoms with Gasteiger partial charge in [0.15, 0.2) is 0 Å². The minimum atomic E-state index is 0.460. The zero-order valence-electron chi connectivity index (χ0n) is 9.81. The van der Waals surface area contributed by atoms with Gasteiger partial charge in [-0.25, -0.2) is 0 Å². The lowest BCUT2D eigenvalue weighted by Crippen LogP contribution is -2.17. The highest BCUT2D eigenvalue weighted by molar-refractivity contribution is 6.30. The van der Waals surface area contributed by atoms with Gasteiger partial charge >= 0.3 is 0 Å². The number of aryl methyl sites for hydroxylation is 1. The van der Waals surface area contributed by atoms with E-state index < -0.39 is 0 Å². The second kappa shape index (κ2) is 6.14. The van der Waals surface area contributed by atoms with Crippen LogP contribution in [0.4, 0.5) is 0 Å². The van der Waals surface area contributed by atoms with E-state index in [1.165, 1.54) is 30.4 Å². The highest BCUT2D eigenvalue weighted by Crippen LogP contribution is 2.24. The Morgan fingerprint density at radius 2 is 2.13 bits per heavy atom. The number of hydrogen-bond donors (Lipinski definition) is 1. The Balaban J connectivity index is 2.81. The Hall–Kier alpha value is -0.530. The van der Waals surface area contributed by atoms with Gasteiger partial charge in [-0.3, -0.25) is 0 Å². The van der Waals surface area contributed by atoms with E-state index in [4.69, 9.17) is 11.6 Å². The first-order valence-corrected chi connectivity index (χ1v) is 6.00. The van der Waals surface area contributed by atoms with Crippen LogP contribution in [0.5, 0.6) is 0 Å². The summed E-state index contributed by atoms with van der Waals surface area (Å²) in [6, 6.07) is 6.60. The molecule has 1 atom stereocenters. The molecule has 1 nitrogen and oxygen atoms in total. The Bertz CT molecular complexity index is 309. The first kappa shape index (κ1) is 12.5. The molecule has 0 saturated heterocycles.